The Kier molecular flexibility index (Phi) is 5.61. The second-order valence-electron chi connectivity index (χ2n) is 6.48. The van der Waals surface area contributed by atoms with Crippen molar-refractivity contribution in [3.05, 3.63) is 12.3 Å². The number of ether oxygens (including phenoxy) is 3. The molecule has 5 heteroatoms. The maximum atomic E-state index is 6.20. The van der Waals surface area contributed by atoms with Crippen molar-refractivity contribution >= 4 is 8.32 Å². The molecule has 0 fully saturated rings. The molecule has 1 rings (SSSR count). The normalized spacial score (nSPS) is 28.3. The van der Waals surface area contributed by atoms with Crippen molar-refractivity contribution in [2.24, 2.45) is 0 Å². The summed E-state index contributed by atoms with van der Waals surface area (Å²) in [6.07, 6.45) is 3.24. The summed E-state index contributed by atoms with van der Waals surface area (Å²) in [5, 5.41) is 0.195. The molecule has 0 N–H and O–H groups in total. The molecular weight excluding hydrogens is 260 g/mol. The lowest BCUT2D eigenvalue weighted by Gasteiger charge is -2.39. The van der Waals surface area contributed by atoms with E-state index in [1.54, 1.807) is 20.5 Å². The Morgan fingerprint density at radius 3 is 2.26 bits per heavy atom. The molecule has 1 aliphatic heterocycles. The minimum absolute atomic E-state index is 0.0771. The number of methoxy groups -OCH3 is 2. The molecule has 1 aliphatic rings. The van der Waals surface area contributed by atoms with Crippen LogP contribution in [0.3, 0.4) is 0 Å². The van der Waals surface area contributed by atoms with Crippen LogP contribution in [0.4, 0.5) is 0 Å². The van der Waals surface area contributed by atoms with Gasteiger partial charge in [0.05, 0.1) is 12.9 Å². The smallest absolute Gasteiger partial charge is 0.192 e. The van der Waals surface area contributed by atoms with Gasteiger partial charge in [-0.3, -0.25) is 0 Å². The molecule has 4 nitrogen and oxygen atoms in total. The summed E-state index contributed by atoms with van der Waals surface area (Å²) in [5.41, 5.74) is 0. The zero-order chi connectivity index (χ0) is 14.7. The Labute approximate surface area is 118 Å². The molecule has 0 aliphatic carbocycles. The number of rotatable bonds is 5. The molecule has 3 atom stereocenters. The first-order valence-corrected chi connectivity index (χ1v) is 9.65. The van der Waals surface area contributed by atoms with E-state index in [-0.39, 0.29) is 23.4 Å². The van der Waals surface area contributed by atoms with Crippen LogP contribution in [-0.2, 0) is 18.6 Å². The summed E-state index contributed by atoms with van der Waals surface area (Å²) < 4.78 is 22.7. The van der Waals surface area contributed by atoms with Crippen molar-refractivity contribution < 1.29 is 18.6 Å². The van der Waals surface area contributed by atoms with Gasteiger partial charge in [0.1, 0.15) is 18.3 Å². The largest absolute Gasteiger partial charge is 0.493 e. The van der Waals surface area contributed by atoms with Gasteiger partial charge in [0.2, 0.25) is 0 Å². The fourth-order valence-electron chi connectivity index (χ4n) is 1.76. The van der Waals surface area contributed by atoms with Crippen LogP contribution in [0.15, 0.2) is 12.3 Å². The summed E-state index contributed by atoms with van der Waals surface area (Å²) in [5.74, 6) is 0. The second kappa shape index (κ2) is 6.39. The summed E-state index contributed by atoms with van der Waals surface area (Å²) in [6.45, 7) is 11.7. The van der Waals surface area contributed by atoms with Crippen LogP contribution in [0.25, 0.3) is 0 Å². The van der Waals surface area contributed by atoms with Crippen LogP contribution >= 0.6 is 0 Å². The molecule has 0 aromatic heterocycles. The number of hydrogen-bond donors (Lipinski definition) is 0. The predicted molar refractivity (Wildman–Crippen MR) is 78.8 cm³/mol. The van der Waals surface area contributed by atoms with Crippen LogP contribution in [-0.4, -0.2) is 47.5 Å². The fraction of sp³-hybridized carbons (Fsp3) is 0.857. The highest BCUT2D eigenvalue weighted by Gasteiger charge is 2.40. The molecule has 19 heavy (non-hydrogen) atoms. The first kappa shape index (κ1) is 16.7. The predicted octanol–water partition coefficient (Wildman–Crippen LogP) is 2.95. The Bertz CT molecular complexity index is 309. The lowest BCUT2D eigenvalue weighted by Crippen LogP contribution is -2.49. The lowest BCUT2D eigenvalue weighted by atomic mass is 10.1. The average molecular weight is 288 g/mol. The highest BCUT2D eigenvalue weighted by molar-refractivity contribution is 6.74. The van der Waals surface area contributed by atoms with Gasteiger partial charge in [-0.1, -0.05) is 20.8 Å². The van der Waals surface area contributed by atoms with Crippen molar-refractivity contribution in [3.63, 3.8) is 0 Å². The monoisotopic (exact) mass is 288 g/mol. The highest BCUT2D eigenvalue weighted by Crippen LogP contribution is 2.37. The highest BCUT2D eigenvalue weighted by atomic mass is 28.4. The topological polar surface area (TPSA) is 36.9 Å². The summed E-state index contributed by atoms with van der Waals surface area (Å²) >= 11 is 0. The molecule has 0 unspecified atom stereocenters. The average Bonchev–Trinajstić information content (AvgIpc) is 2.34. The first-order valence-electron chi connectivity index (χ1n) is 6.74. The SMILES string of the molecule is CO[C@H]1[C@H](OC)C=CO[C@@H]1CO[Si](C)(C)C(C)(C)C. The van der Waals surface area contributed by atoms with E-state index >= 15 is 0 Å². The van der Waals surface area contributed by atoms with Gasteiger partial charge in [-0.2, -0.15) is 0 Å². The Balaban J connectivity index is 2.64. The summed E-state index contributed by atoms with van der Waals surface area (Å²) in [6, 6.07) is 0. The minimum atomic E-state index is -1.76. The zero-order valence-corrected chi connectivity index (χ0v) is 14.2. The molecule has 0 spiro atoms. The maximum Gasteiger partial charge on any atom is 0.192 e. The van der Waals surface area contributed by atoms with Gasteiger partial charge in [-0.05, 0) is 24.2 Å². The third-order valence-electron chi connectivity index (χ3n) is 4.17. The summed E-state index contributed by atoms with van der Waals surface area (Å²) in [4.78, 5) is 0. The molecule has 0 aromatic rings. The third-order valence-corrected chi connectivity index (χ3v) is 8.67. The number of hydrogen-bond acceptors (Lipinski definition) is 4. The van der Waals surface area contributed by atoms with E-state index in [2.05, 4.69) is 33.9 Å². The lowest BCUT2D eigenvalue weighted by molar-refractivity contribution is -0.107. The van der Waals surface area contributed by atoms with E-state index in [0.717, 1.165) is 0 Å². The van der Waals surface area contributed by atoms with Gasteiger partial charge in [0.25, 0.3) is 0 Å². The van der Waals surface area contributed by atoms with Gasteiger partial charge in [0.15, 0.2) is 8.32 Å². The van der Waals surface area contributed by atoms with Crippen LogP contribution in [0.1, 0.15) is 20.8 Å². The fourth-order valence-corrected chi connectivity index (χ4v) is 2.78. The molecule has 0 aromatic carbocycles. The van der Waals surface area contributed by atoms with Gasteiger partial charge in [0, 0.05) is 14.2 Å². The van der Waals surface area contributed by atoms with Crippen LogP contribution in [0.5, 0.6) is 0 Å². The molecule has 112 valence electrons. The van der Waals surface area contributed by atoms with Crippen molar-refractivity contribution in [3.8, 4) is 0 Å². The van der Waals surface area contributed by atoms with E-state index in [1.165, 1.54) is 0 Å². The molecule has 0 radical (unpaired) electrons. The van der Waals surface area contributed by atoms with Crippen LogP contribution < -0.4 is 0 Å². The first-order chi connectivity index (χ1) is 8.73. The van der Waals surface area contributed by atoms with Crippen molar-refractivity contribution in [2.75, 3.05) is 20.8 Å². The molecular formula is C14H28O4Si. The molecule has 1 heterocycles. The minimum Gasteiger partial charge on any atom is -0.493 e. The third kappa shape index (κ3) is 4.05. The standard InChI is InChI=1S/C14H28O4Si/c1-14(2,3)19(6,7)18-10-12-13(16-5)11(15-4)8-9-17-12/h8-9,11-13H,10H2,1-7H3/t11-,12-,13+/m1/s1. The molecule has 0 amide bonds. The van der Waals surface area contributed by atoms with Crippen molar-refractivity contribution in [2.45, 2.75) is 57.2 Å². The Morgan fingerprint density at radius 2 is 1.79 bits per heavy atom. The van der Waals surface area contributed by atoms with E-state index in [9.17, 15) is 0 Å². The quantitative estimate of drug-likeness (QED) is 0.729. The second-order valence-corrected chi connectivity index (χ2v) is 11.3. The Hall–Kier alpha value is -0.363. The zero-order valence-electron chi connectivity index (χ0n) is 13.2. The molecule has 0 saturated heterocycles. The van der Waals surface area contributed by atoms with E-state index in [4.69, 9.17) is 18.6 Å². The van der Waals surface area contributed by atoms with Gasteiger partial charge >= 0.3 is 0 Å². The van der Waals surface area contributed by atoms with E-state index < -0.39 is 8.32 Å². The maximum absolute atomic E-state index is 6.20. The molecule has 0 saturated carbocycles. The molecule has 0 bridgehead atoms. The van der Waals surface area contributed by atoms with Crippen LogP contribution in [0.2, 0.25) is 18.1 Å². The van der Waals surface area contributed by atoms with E-state index in [0.29, 0.717) is 6.61 Å². The van der Waals surface area contributed by atoms with Gasteiger partial charge in [-0.15, -0.1) is 0 Å². The van der Waals surface area contributed by atoms with Crippen molar-refractivity contribution in [1.82, 2.24) is 0 Å². The van der Waals surface area contributed by atoms with Crippen molar-refractivity contribution in [1.29, 1.82) is 0 Å². The van der Waals surface area contributed by atoms with Crippen LogP contribution in [0, 0.1) is 0 Å². The van der Waals surface area contributed by atoms with Gasteiger partial charge in [-0.25, -0.2) is 0 Å². The van der Waals surface area contributed by atoms with E-state index in [1.807, 2.05) is 6.08 Å². The summed E-state index contributed by atoms with van der Waals surface area (Å²) in [7, 11) is 1.59. The van der Waals surface area contributed by atoms with Gasteiger partial charge < -0.3 is 18.6 Å². The Morgan fingerprint density at radius 1 is 1.16 bits per heavy atom.